The number of hydrogen-bond donors (Lipinski definition) is 1. The Bertz CT molecular complexity index is 511. The van der Waals surface area contributed by atoms with Crippen molar-refractivity contribution in [3.8, 4) is 0 Å². The molecule has 2 rings (SSSR count). The lowest BCUT2D eigenvalue weighted by atomic mass is 10.1. The average Bonchev–Trinajstić information content (AvgIpc) is 2.38. The first kappa shape index (κ1) is 13.2. The molecule has 1 heterocycles. The normalized spacial score (nSPS) is 12.4. The summed E-state index contributed by atoms with van der Waals surface area (Å²) in [5.41, 5.74) is 3.75. The molecule has 0 amide bonds. The largest absolute Gasteiger partial charge is 0.306 e. The second kappa shape index (κ2) is 6.12. The molecule has 1 atom stereocenters. The molecule has 2 aromatic rings. The van der Waals surface area contributed by atoms with E-state index < -0.39 is 0 Å². The molecule has 0 spiro atoms. The maximum absolute atomic E-state index is 4.14. The van der Waals surface area contributed by atoms with E-state index in [4.69, 9.17) is 0 Å². The fourth-order valence-corrected chi connectivity index (χ4v) is 2.44. The minimum Gasteiger partial charge on any atom is -0.306 e. The summed E-state index contributed by atoms with van der Waals surface area (Å²) in [5, 5.41) is 3.51. The molecule has 0 saturated heterocycles. The highest BCUT2D eigenvalue weighted by Gasteiger charge is 2.06. The molecule has 0 bridgehead atoms. The van der Waals surface area contributed by atoms with Crippen molar-refractivity contribution < 1.29 is 0 Å². The van der Waals surface area contributed by atoms with Gasteiger partial charge in [-0.25, -0.2) is 0 Å². The van der Waals surface area contributed by atoms with Crippen molar-refractivity contribution in [2.45, 2.75) is 26.4 Å². The van der Waals surface area contributed by atoms with E-state index in [0.29, 0.717) is 6.04 Å². The van der Waals surface area contributed by atoms with Gasteiger partial charge in [-0.1, -0.05) is 34.1 Å². The van der Waals surface area contributed by atoms with Crippen LogP contribution in [0, 0.1) is 6.92 Å². The summed E-state index contributed by atoms with van der Waals surface area (Å²) in [6.45, 7) is 5.09. The Balaban J connectivity index is 1.99. The van der Waals surface area contributed by atoms with Crippen LogP contribution in [-0.4, -0.2) is 4.98 Å². The van der Waals surface area contributed by atoms with Crippen LogP contribution in [0.15, 0.2) is 47.2 Å². The van der Waals surface area contributed by atoms with E-state index >= 15 is 0 Å². The van der Waals surface area contributed by atoms with Gasteiger partial charge in [0.25, 0.3) is 0 Å². The summed E-state index contributed by atoms with van der Waals surface area (Å²) >= 11 is 3.60. The molecule has 1 aromatic heterocycles. The number of rotatable bonds is 4. The van der Waals surface area contributed by atoms with Crippen LogP contribution < -0.4 is 5.32 Å². The Kier molecular flexibility index (Phi) is 4.50. The zero-order valence-electron chi connectivity index (χ0n) is 10.7. The first-order valence-corrected chi connectivity index (χ1v) is 6.84. The molecule has 0 fully saturated rings. The smallest absolute Gasteiger partial charge is 0.0315 e. The number of nitrogens with one attached hydrogen (secondary N) is 1. The van der Waals surface area contributed by atoms with Gasteiger partial charge in [0.15, 0.2) is 0 Å². The van der Waals surface area contributed by atoms with Crippen LogP contribution in [0.1, 0.15) is 29.7 Å². The van der Waals surface area contributed by atoms with Crippen LogP contribution in [-0.2, 0) is 6.54 Å². The van der Waals surface area contributed by atoms with E-state index in [0.717, 1.165) is 11.0 Å². The van der Waals surface area contributed by atoms with Gasteiger partial charge in [-0.2, -0.15) is 0 Å². The number of benzene rings is 1. The maximum Gasteiger partial charge on any atom is 0.0315 e. The summed E-state index contributed by atoms with van der Waals surface area (Å²) in [7, 11) is 0. The number of nitrogens with zero attached hydrogens (tertiary/aromatic N) is 1. The Morgan fingerprint density at radius 3 is 2.83 bits per heavy atom. The van der Waals surface area contributed by atoms with Gasteiger partial charge >= 0.3 is 0 Å². The lowest BCUT2D eigenvalue weighted by Gasteiger charge is -2.14. The van der Waals surface area contributed by atoms with Crippen molar-refractivity contribution in [3.05, 3.63) is 63.9 Å². The molecular formula is C15H17BrN2. The monoisotopic (exact) mass is 304 g/mol. The van der Waals surface area contributed by atoms with Gasteiger partial charge in [-0.3, -0.25) is 4.98 Å². The topological polar surface area (TPSA) is 24.9 Å². The highest BCUT2D eigenvalue weighted by Crippen LogP contribution is 2.19. The number of halogens is 1. The Morgan fingerprint density at radius 1 is 1.33 bits per heavy atom. The van der Waals surface area contributed by atoms with Crippen LogP contribution in [0.3, 0.4) is 0 Å². The van der Waals surface area contributed by atoms with Gasteiger partial charge in [-0.05, 0) is 42.7 Å². The van der Waals surface area contributed by atoms with E-state index in [2.05, 4.69) is 64.3 Å². The van der Waals surface area contributed by atoms with Gasteiger partial charge in [-0.15, -0.1) is 0 Å². The minimum atomic E-state index is 0.298. The molecule has 0 aliphatic heterocycles. The SMILES string of the molecule is Cc1ccc(CN[C@@H](C)c2cccnc2)c(Br)c1. The maximum atomic E-state index is 4.14. The van der Waals surface area contributed by atoms with Gasteiger partial charge in [0.1, 0.15) is 0 Å². The molecule has 0 saturated carbocycles. The van der Waals surface area contributed by atoms with Crippen LogP contribution in [0.5, 0.6) is 0 Å². The zero-order valence-corrected chi connectivity index (χ0v) is 12.2. The second-order valence-electron chi connectivity index (χ2n) is 4.48. The molecule has 0 aliphatic carbocycles. The molecule has 0 unspecified atom stereocenters. The van der Waals surface area contributed by atoms with Crippen LogP contribution in [0.2, 0.25) is 0 Å². The molecule has 3 heteroatoms. The molecular weight excluding hydrogens is 288 g/mol. The van der Waals surface area contributed by atoms with E-state index in [1.54, 1.807) is 6.20 Å². The number of aromatic nitrogens is 1. The lowest BCUT2D eigenvalue weighted by Crippen LogP contribution is -2.18. The van der Waals surface area contributed by atoms with Crippen LogP contribution >= 0.6 is 15.9 Å². The van der Waals surface area contributed by atoms with E-state index in [9.17, 15) is 0 Å². The van der Waals surface area contributed by atoms with Gasteiger partial charge in [0, 0.05) is 29.5 Å². The van der Waals surface area contributed by atoms with E-state index in [1.807, 2.05) is 12.3 Å². The third kappa shape index (κ3) is 3.40. The first-order chi connectivity index (χ1) is 8.66. The fraction of sp³-hybridized carbons (Fsp3) is 0.267. The predicted molar refractivity (Wildman–Crippen MR) is 78.4 cm³/mol. The molecule has 2 nitrogen and oxygen atoms in total. The van der Waals surface area contributed by atoms with Gasteiger partial charge in [0.2, 0.25) is 0 Å². The van der Waals surface area contributed by atoms with Gasteiger partial charge in [0.05, 0.1) is 0 Å². The quantitative estimate of drug-likeness (QED) is 0.923. The van der Waals surface area contributed by atoms with Crippen molar-refractivity contribution in [1.29, 1.82) is 0 Å². The Labute approximate surface area is 117 Å². The lowest BCUT2D eigenvalue weighted by molar-refractivity contribution is 0.572. The third-order valence-electron chi connectivity index (χ3n) is 2.99. The molecule has 18 heavy (non-hydrogen) atoms. The van der Waals surface area contributed by atoms with Crippen molar-refractivity contribution >= 4 is 15.9 Å². The standard InChI is InChI=1S/C15H17BrN2/c1-11-5-6-14(15(16)8-11)10-18-12(2)13-4-3-7-17-9-13/h3-9,12,18H,10H2,1-2H3/t12-/m0/s1. The Hall–Kier alpha value is -1.19. The molecule has 94 valence electrons. The van der Waals surface area contributed by atoms with Crippen LogP contribution in [0.4, 0.5) is 0 Å². The summed E-state index contributed by atoms with van der Waals surface area (Å²) in [4.78, 5) is 4.14. The fourth-order valence-electron chi connectivity index (χ4n) is 1.81. The number of aryl methyl sites for hydroxylation is 1. The highest BCUT2D eigenvalue weighted by atomic mass is 79.9. The summed E-state index contributed by atoms with van der Waals surface area (Å²) < 4.78 is 1.16. The van der Waals surface area contributed by atoms with Crippen molar-refractivity contribution in [3.63, 3.8) is 0 Å². The molecule has 1 aromatic carbocycles. The third-order valence-corrected chi connectivity index (χ3v) is 3.73. The number of hydrogen-bond acceptors (Lipinski definition) is 2. The predicted octanol–water partition coefficient (Wildman–Crippen LogP) is 4.00. The summed E-state index contributed by atoms with van der Waals surface area (Å²) in [6.07, 6.45) is 3.70. The van der Waals surface area contributed by atoms with Crippen molar-refractivity contribution in [1.82, 2.24) is 10.3 Å². The summed E-state index contributed by atoms with van der Waals surface area (Å²) in [6, 6.07) is 10.8. The number of pyridine rings is 1. The van der Waals surface area contributed by atoms with E-state index in [1.165, 1.54) is 16.7 Å². The molecule has 1 N–H and O–H groups in total. The first-order valence-electron chi connectivity index (χ1n) is 6.05. The zero-order chi connectivity index (χ0) is 13.0. The van der Waals surface area contributed by atoms with Gasteiger partial charge < -0.3 is 5.32 Å². The Morgan fingerprint density at radius 2 is 2.17 bits per heavy atom. The summed E-state index contributed by atoms with van der Waals surface area (Å²) in [5.74, 6) is 0. The highest BCUT2D eigenvalue weighted by molar-refractivity contribution is 9.10. The van der Waals surface area contributed by atoms with Crippen molar-refractivity contribution in [2.75, 3.05) is 0 Å². The van der Waals surface area contributed by atoms with E-state index in [-0.39, 0.29) is 0 Å². The molecule has 0 radical (unpaired) electrons. The second-order valence-corrected chi connectivity index (χ2v) is 5.34. The molecule has 0 aliphatic rings. The minimum absolute atomic E-state index is 0.298. The van der Waals surface area contributed by atoms with Crippen LogP contribution in [0.25, 0.3) is 0 Å². The average molecular weight is 305 g/mol. The van der Waals surface area contributed by atoms with Crippen molar-refractivity contribution in [2.24, 2.45) is 0 Å².